The molecule has 1 aliphatic heterocycles. The van der Waals surface area contributed by atoms with E-state index in [9.17, 15) is 11.0 Å². The molecule has 2 nitrogen and oxygen atoms in total. The van der Waals surface area contributed by atoms with Gasteiger partial charge in [-0.1, -0.05) is 139 Å². The molecule has 0 saturated carbocycles. The molecule has 0 fully saturated rings. The van der Waals surface area contributed by atoms with E-state index in [0.29, 0.717) is 16.5 Å². The number of fused-ring (bicyclic) bond motifs is 2. The summed E-state index contributed by atoms with van der Waals surface area (Å²) in [6, 6.07) is -5.61. The number of nitrogens with zero attached hydrogens (tertiary/aromatic N) is 1. The fraction of sp³-hybridized carbons (Fsp3) is 0. The number of rotatable bonds is 6. The van der Waals surface area contributed by atoms with Gasteiger partial charge in [-0.15, -0.1) is 0 Å². The second-order valence-electron chi connectivity index (χ2n) is 10.4. The zero-order valence-electron chi connectivity index (χ0n) is 47.5. The molecule has 2 heteroatoms. The minimum absolute atomic E-state index is 0.0765. The molecule has 8 aromatic rings. The summed E-state index contributed by atoms with van der Waals surface area (Å²) in [6.45, 7) is 0. The molecule has 226 valence electrons. The van der Waals surface area contributed by atoms with E-state index in [-0.39, 0.29) is 33.7 Å². The van der Waals surface area contributed by atoms with E-state index in [1.54, 1.807) is 30.3 Å². The third-order valence-electron chi connectivity index (χ3n) is 7.67. The number of anilines is 3. The van der Waals surface area contributed by atoms with Gasteiger partial charge in [-0.2, -0.15) is 0 Å². The molecular formula is C46H31NO. The molecule has 0 saturated heterocycles. The zero-order valence-corrected chi connectivity index (χ0v) is 24.5. The number of hydrogen-bond acceptors (Lipinski definition) is 2. The molecule has 1 aliphatic rings. The lowest BCUT2D eigenvalue weighted by Crippen LogP contribution is -2.11. The Balaban J connectivity index is 1.35. The Morgan fingerprint density at radius 2 is 0.938 bits per heavy atom. The van der Waals surface area contributed by atoms with E-state index >= 15 is 0 Å². The Hall–Kier alpha value is -6.38. The van der Waals surface area contributed by atoms with Crippen molar-refractivity contribution in [3.05, 3.63) is 188 Å². The van der Waals surface area contributed by atoms with Crippen LogP contribution in [-0.4, -0.2) is 0 Å². The normalized spacial score (nSPS) is 18.2. The van der Waals surface area contributed by atoms with Crippen LogP contribution in [0.5, 0.6) is 11.5 Å². The standard InChI is InChI=1S/C46H31NO/c1-4-11-32(12-5-1)35-19-24-38(25-20-35)47(39-26-21-36(22-27-39)33-13-6-2-7-14-33)43-29-30-44-46-41(17-10-18-42(43)46)40-28-23-37(31-45(40)48-44)34-15-8-3-9-16-34/h1-31H/i1D,2D,3D,4D,5D,6D,7D,8D,9D,11D,12D,13D,14D,15D,16D,19D,20D,21D,22D,24D,25D,26D,27D. The Morgan fingerprint density at radius 1 is 0.417 bits per heavy atom. The molecule has 0 unspecified atom stereocenters. The summed E-state index contributed by atoms with van der Waals surface area (Å²) in [6.07, 6.45) is 0. The van der Waals surface area contributed by atoms with Crippen LogP contribution in [0.3, 0.4) is 0 Å². The van der Waals surface area contributed by atoms with Crippen molar-refractivity contribution in [1.29, 1.82) is 0 Å². The van der Waals surface area contributed by atoms with Gasteiger partial charge in [0.2, 0.25) is 0 Å². The SMILES string of the molecule is [2H]c1c([2H])c([2H])c(-c2ccc3c(c2)Oc2ccc(N(c4c([2H])c([2H])c(-c5c([2H])c([2H])c([2H])c([2H])c5[2H])c([2H])c4[2H])c4c([2H])c([2H])c(-c5c([2H])c([2H])c([2H])c([2H])c5[2H])c([2H])c4[2H])c4cccc-3c24)c([2H])c1[2H]. The summed E-state index contributed by atoms with van der Waals surface area (Å²) in [5, 5.41) is 0.550. The Morgan fingerprint density at radius 3 is 1.50 bits per heavy atom. The van der Waals surface area contributed by atoms with E-state index in [1.807, 2.05) is 0 Å². The lowest BCUT2D eigenvalue weighted by Gasteiger charge is -2.29. The quantitative estimate of drug-likeness (QED) is 0.180. The van der Waals surface area contributed by atoms with Crippen LogP contribution in [0, 0.1) is 0 Å². The lowest BCUT2D eigenvalue weighted by molar-refractivity contribution is 0.487. The molecule has 8 aromatic carbocycles. The smallest absolute Gasteiger partial charge is 0.136 e. The summed E-state index contributed by atoms with van der Waals surface area (Å²) in [5.74, 6) is 0.391. The van der Waals surface area contributed by atoms with Crippen molar-refractivity contribution in [3.63, 3.8) is 0 Å². The van der Waals surface area contributed by atoms with Gasteiger partial charge in [-0.25, -0.2) is 0 Å². The van der Waals surface area contributed by atoms with Gasteiger partial charge in [-0.05, 0) is 87.4 Å². The first kappa shape index (κ1) is 13.0. The second-order valence-corrected chi connectivity index (χ2v) is 10.4. The molecule has 0 atom stereocenters. The first-order valence-electron chi connectivity index (χ1n) is 26.0. The van der Waals surface area contributed by atoms with Crippen molar-refractivity contribution in [1.82, 2.24) is 0 Å². The van der Waals surface area contributed by atoms with Crippen molar-refractivity contribution in [2.75, 3.05) is 4.90 Å². The van der Waals surface area contributed by atoms with E-state index in [1.165, 1.54) is 18.2 Å². The largest absolute Gasteiger partial charge is 0.456 e. The third-order valence-corrected chi connectivity index (χ3v) is 7.67. The average Bonchev–Trinajstić information content (AvgIpc) is 3.35. The fourth-order valence-electron chi connectivity index (χ4n) is 5.55. The van der Waals surface area contributed by atoms with E-state index in [0.717, 1.165) is 4.90 Å². The monoisotopic (exact) mass is 636 g/mol. The first-order valence-corrected chi connectivity index (χ1v) is 14.5. The molecule has 9 rings (SSSR count). The molecule has 1 heterocycles. The van der Waals surface area contributed by atoms with Gasteiger partial charge >= 0.3 is 0 Å². The molecule has 0 spiro atoms. The molecule has 0 N–H and O–H groups in total. The highest BCUT2D eigenvalue weighted by Gasteiger charge is 2.24. The summed E-state index contributed by atoms with van der Waals surface area (Å²) < 4.78 is 207. The Labute approximate surface area is 313 Å². The number of benzene rings is 8. The van der Waals surface area contributed by atoms with Gasteiger partial charge in [0.15, 0.2) is 0 Å². The fourth-order valence-corrected chi connectivity index (χ4v) is 5.55. The van der Waals surface area contributed by atoms with E-state index in [4.69, 9.17) is 25.3 Å². The van der Waals surface area contributed by atoms with Crippen LogP contribution >= 0.6 is 0 Å². The highest BCUT2D eigenvalue weighted by atomic mass is 16.5. The molecular weight excluding hydrogens is 583 g/mol. The summed E-state index contributed by atoms with van der Waals surface area (Å²) in [7, 11) is 0. The molecule has 0 bridgehead atoms. The summed E-state index contributed by atoms with van der Waals surface area (Å²) >= 11 is 0. The van der Waals surface area contributed by atoms with Crippen LogP contribution in [-0.2, 0) is 0 Å². The molecule has 0 radical (unpaired) electrons. The summed E-state index contributed by atoms with van der Waals surface area (Å²) in [4.78, 5) is 0.943. The minimum atomic E-state index is -0.915. The topological polar surface area (TPSA) is 12.5 Å². The van der Waals surface area contributed by atoms with Crippen LogP contribution in [0.2, 0.25) is 0 Å². The van der Waals surface area contributed by atoms with Crippen LogP contribution in [0.25, 0.3) is 55.3 Å². The highest BCUT2D eigenvalue weighted by molar-refractivity contribution is 6.11. The van der Waals surface area contributed by atoms with Crippen LogP contribution in [0.15, 0.2) is 188 Å². The maximum atomic E-state index is 9.49. The maximum absolute atomic E-state index is 9.49. The van der Waals surface area contributed by atoms with Crippen LogP contribution < -0.4 is 9.64 Å². The minimum Gasteiger partial charge on any atom is -0.456 e. The van der Waals surface area contributed by atoms with Gasteiger partial charge in [0.05, 0.1) is 37.2 Å². The lowest BCUT2D eigenvalue weighted by atomic mass is 9.92. The highest BCUT2D eigenvalue weighted by Crippen LogP contribution is 2.51. The van der Waals surface area contributed by atoms with Crippen molar-refractivity contribution < 1.29 is 36.3 Å². The predicted molar refractivity (Wildman–Crippen MR) is 200 cm³/mol. The predicted octanol–water partition coefficient (Wildman–Crippen LogP) is 13.1. The van der Waals surface area contributed by atoms with Crippen molar-refractivity contribution in [2.45, 2.75) is 0 Å². The Kier molecular flexibility index (Phi) is 3.19. The number of hydrogen-bond donors (Lipinski definition) is 0. The molecule has 48 heavy (non-hydrogen) atoms. The van der Waals surface area contributed by atoms with E-state index < -0.39 is 173 Å². The van der Waals surface area contributed by atoms with Gasteiger partial charge < -0.3 is 9.64 Å². The molecule has 0 aromatic heterocycles. The van der Waals surface area contributed by atoms with Crippen LogP contribution in [0.1, 0.15) is 31.5 Å². The maximum Gasteiger partial charge on any atom is 0.136 e. The zero-order chi connectivity index (χ0) is 51.9. The van der Waals surface area contributed by atoms with Gasteiger partial charge in [0.1, 0.15) is 11.5 Å². The van der Waals surface area contributed by atoms with Crippen molar-refractivity contribution >= 4 is 27.8 Å². The van der Waals surface area contributed by atoms with E-state index in [2.05, 4.69) is 0 Å². The average molecular weight is 637 g/mol. The number of ether oxygens (including phenoxy) is 1. The summed E-state index contributed by atoms with van der Waals surface area (Å²) in [5.41, 5.74) is -3.01. The van der Waals surface area contributed by atoms with Crippen LogP contribution in [0.4, 0.5) is 17.1 Å². The Bertz CT molecular complexity index is 3460. The van der Waals surface area contributed by atoms with Crippen molar-refractivity contribution in [2.24, 2.45) is 0 Å². The molecule has 0 amide bonds. The third kappa shape index (κ3) is 4.92. The first-order chi connectivity index (χ1) is 33.4. The van der Waals surface area contributed by atoms with Gasteiger partial charge in [0, 0.05) is 27.7 Å². The van der Waals surface area contributed by atoms with Crippen molar-refractivity contribution in [3.8, 4) is 56.0 Å². The molecule has 0 aliphatic carbocycles. The second kappa shape index (κ2) is 11.8. The van der Waals surface area contributed by atoms with Gasteiger partial charge in [0.25, 0.3) is 0 Å². The van der Waals surface area contributed by atoms with Gasteiger partial charge in [-0.3, -0.25) is 0 Å².